The smallest absolute Gasteiger partial charge is 0.314 e. The predicted molar refractivity (Wildman–Crippen MR) is 80.1 cm³/mol. The fourth-order valence-electron chi connectivity index (χ4n) is 3.60. The van der Waals surface area contributed by atoms with Crippen molar-refractivity contribution in [3.8, 4) is 0 Å². The summed E-state index contributed by atoms with van der Waals surface area (Å²) in [5.74, 6) is 0.669. The van der Waals surface area contributed by atoms with Gasteiger partial charge in [-0.1, -0.05) is 24.2 Å². The Bertz CT molecular complexity index is 465. The van der Waals surface area contributed by atoms with Crippen LogP contribution in [0.3, 0.4) is 0 Å². The van der Waals surface area contributed by atoms with Crippen LogP contribution in [-0.4, -0.2) is 36.0 Å². The van der Waals surface area contributed by atoms with Gasteiger partial charge in [-0.2, -0.15) is 0 Å². The van der Waals surface area contributed by atoms with Gasteiger partial charge >= 0.3 is 5.00 Å². The fourth-order valence-corrected chi connectivity index (χ4v) is 4.36. The Labute approximate surface area is 123 Å². The molecule has 0 aromatic carbocycles. The Morgan fingerprint density at radius 3 is 2.65 bits per heavy atom. The zero-order chi connectivity index (χ0) is 13.9. The Hall–Kier alpha value is -0.980. The van der Waals surface area contributed by atoms with Crippen molar-refractivity contribution in [2.75, 3.05) is 26.2 Å². The normalized spacial score (nSPS) is 23.0. The molecule has 2 aliphatic rings. The van der Waals surface area contributed by atoms with E-state index in [1.807, 2.05) is 5.38 Å². The Morgan fingerprint density at radius 1 is 1.35 bits per heavy atom. The summed E-state index contributed by atoms with van der Waals surface area (Å²) in [6.45, 7) is 4.14. The molecule has 0 amide bonds. The second-order valence-electron chi connectivity index (χ2n) is 5.75. The maximum Gasteiger partial charge on any atom is 0.324 e. The summed E-state index contributed by atoms with van der Waals surface area (Å²) >= 11 is 1.27. The lowest BCUT2D eigenvalue weighted by molar-refractivity contribution is -0.380. The van der Waals surface area contributed by atoms with Crippen molar-refractivity contribution in [2.45, 2.75) is 31.7 Å². The van der Waals surface area contributed by atoms with Crippen LogP contribution >= 0.6 is 11.3 Å². The Kier molecular flexibility index (Phi) is 4.33. The monoisotopic (exact) mass is 295 g/mol. The highest BCUT2D eigenvalue weighted by Crippen LogP contribution is 2.41. The topological polar surface area (TPSA) is 58.4 Å². The fraction of sp³-hybridized carbons (Fsp3) is 0.714. The van der Waals surface area contributed by atoms with Gasteiger partial charge in [-0.3, -0.25) is 15.0 Å². The number of hydrogen-bond donors (Lipinski definition) is 1. The lowest BCUT2D eigenvalue weighted by atomic mass is 9.91. The molecule has 1 aromatic heterocycles. The van der Waals surface area contributed by atoms with Crippen LogP contribution in [0.2, 0.25) is 0 Å². The minimum Gasteiger partial charge on any atom is -0.314 e. The molecule has 5 nitrogen and oxygen atoms in total. The van der Waals surface area contributed by atoms with E-state index in [0.29, 0.717) is 12.0 Å². The van der Waals surface area contributed by atoms with Crippen LogP contribution in [0.15, 0.2) is 11.4 Å². The molecule has 110 valence electrons. The van der Waals surface area contributed by atoms with Gasteiger partial charge in [0.25, 0.3) is 0 Å². The lowest BCUT2D eigenvalue weighted by Gasteiger charge is -2.38. The van der Waals surface area contributed by atoms with Gasteiger partial charge in [-0.05, 0) is 24.3 Å². The van der Waals surface area contributed by atoms with Gasteiger partial charge in [0.05, 0.1) is 4.92 Å². The molecule has 0 spiro atoms. The molecule has 1 atom stereocenters. The molecule has 1 aromatic rings. The SMILES string of the molecule is O=[N+]([O-])c1cc([C@@H](C2CCCC2)N2CCNCC2)cs1. The van der Waals surface area contributed by atoms with Crippen LogP contribution < -0.4 is 5.32 Å². The minimum absolute atomic E-state index is 0.266. The standard InChI is InChI=1S/C14H21N3O2S/c18-17(19)13-9-12(10-20-13)14(11-3-1-2-4-11)16-7-5-15-6-8-16/h9-11,14-15H,1-8H2/t14-/m1/s1. The average Bonchev–Trinajstić information content (AvgIpc) is 3.12. The molecule has 1 aliphatic heterocycles. The molecule has 1 saturated heterocycles. The number of nitro groups is 1. The van der Waals surface area contributed by atoms with Gasteiger partial charge in [0.1, 0.15) is 0 Å². The molecular formula is C14H21N3O2S. The van der Waals surface area contributed by atoms with Gasteiger partial charge in [0.2, 0.25) is 0 Å². The van der Waals surface area contributed by atoms with Gasteiger partial charge in [-0.25, -0.2) is 0 Å². The first-order valence-corrected chi connectivity index (χ1v) is 8.31. The lowest BCUT2D eigenvalue weighted by Crippen LogP contribution is -2.46. The number of nitrogens with zero attached hydrogens (tertiary/aromatic N) is 2. The molecule has 2 fully saturated rings. The van der Waals surface area contributed by atoms with Crippen LogP contribution in [0.1, 0.15) is 37.3 Å². The van der Waals surface area contributed by atoms with E-state index in [2.05, 4.69) is 10.2 Å². The van der Waals surface area contributed by atoms with Crippen LogP contribution in [0, 0.1) is 16.0 Å². The highest BCUT2D eigenvalue weighted by atomic mass is 32.1. The summed E-state index contributed by atoms with van der Waals surface area (Å²) in [6, 6.07) is 2.18. The van der Waals surface area contributed by atoms with Gasteiger partial charge < -0.3 is 5.32 Å². The van der Waals surface area contributed by atoms with Crippen molar-refractivity contribution in [3.63, 3.8) is 0 Å². The first kappa shape index (κ1) is 14.0. The maximum absolute atomic E-state index is 10.9. The zero-order valence-electron chi connectivity index (χ0n) is 11.6. The summed E-state index contributed by atoms with van der Waals surface area (Å²) < 4.78 is 0. The van der Waals surface area contributed by atoms with Gasteiger partial charge in [0, 0.05) is 43.7 Å². The number of piperazine rings is 1. The van der Waals surface area contributed by atoms with E-state index in [1.165, 1.54) is 37.0 Å². The molecule has 1 aliphatic carbocycles. The second-order valence-corrected chi connectivity index (χ2v) is 6.64. The third kappa shape index (κ3) is 2.87. The van der Waals surface area contributed by atoms with Gasteiger partial charge in [0.15, 0.2) is 0 Å². The Morgan fingerprint density at radius 2 is 2.05 bits per heavy atom. The van der Waals surface area contributed by atoms with Gasteiger partial charge in [-0.15, -0.1) is 0 Å². The summed E-state index contributed by atoms with van der Waals surface area (Å²) in [5.41, 5.74) is 1.16. The second kappa shape index (κ2) is 6.20. The maximum atomic E-state index is 10.9. The quantitative estimate of drug-likeness (QED) is 0.685. The van der Waals surface area contributed by atoms with Crippen molar-refractivity contribution < 1.29 is 4.92 Å². The highest BCUT2D eigenvalue weighted by molar-refractivity contribution is 7.13. The van der Waals surface area contributed by atoms with Crippen molar-refractivity contribution in [3.05, 3.63) is 27.1 Å². The predicted octanol–water partition coefficient (Wildman–Crippen LogP) is 2.79. The van der Waals surface area contributed by atoms with Crippen molar-refractivity contribution in [1.82, 2.24) is 10.2 Å². The first-order valence-electron chi connectivity index (χ1n) is 7.43. The summed E-state index contributed by atoms with van der Waals surface area (Å²) in [6.07, 6.45) is 5.13. The van der Waals surface area contributed by atoms with E-state index >= 15 is 0 Å². The molecule has 6 heteroatoms. The zero-order valence-corrected chi connectivity index (χ0v) is 12.4. The molecule has 0 bridgehead atoms. The van der Waals surface area contributed by atoms with E-state index < -0.39 is 0 Å². The summed E-state index contributed by atoms with van der Waals surface area (Å²) in [4.78, 5) is 13.2. The van der Waals surface area contributed by atoms with Crippen molar-refractivity contribution >= 4 is 16.3 Å². The summed E-state index contributed by atoms with van der Waals surface area (Å²) in [5, 5.41) is 16.6. The molecule has 3 rings (SSSR count). The highest BCUT2D eigenvalue weighted by Gasteiger charge is 2.33. The average molecular weight is 295 g/mol. The molecule has 1 saturated carbocycles. The number of thiophene rings is 1. The van der Waals surface area contributed by atoms with E-state index in [-0.39, 0.29) is 9.92 Å². The molecule has 20 heavy (non-hydrogen) atoms. The van der Waals surface area contributed by atoms with Crippen molar-refractivity contribution in [1.29, 1.82) is 0 Å². The molecular weight excluding hydrogens is 274 g/mol. The molecule has 0 unspecified atom stereocenters. The van der Waals surface area contributed by atoms with E-state index in [9.17, 15) is 10.1 Å². The number of hydrogen-bond acceptors (Lipinski definition) is 5. The molecule has 2 heterocycles. The first-order chi connectivity index (χ1) is 9.75. The third-order valence-electron chi connectivity index (χ3n) is 4.52. The third-order valence-corrected chi connectivity index (χ3v) is 5.42. The van der Waals surface area contributed by atoms with Crippen LogP contribution in [0.5, 0.6) is 0 Å². The van der Waals surface area contributed by atoms with Crippen LogP contribution in [0.25, 0.3) is 0 Å². The van der Waals surface area contributed by atoms with E-state index in [0.717, 1.165) is 31.7 Å². The van der Waals surface area contributed by atoms with Crippen molar-refractivity contribution in [2.24, 2.45) is 5.92 Å². The van der Waals surface area contributed by atoms with Crippen LogP contribution in [0.4, 0.5) is 5.00 Å². The molecule has 0 radical (unpaired) electrons. The number of nitrogens with one attached hydrogen (secondary N) is 1. The van der Waals surface area contributed by atoms with E-state index in [4.69, 9.17) is 0 Å². The van der Waals surface area contributed by atoms with E-state index in [1.54, 1.807) is 6.07 Å². The number of rotatable bonds is 4. The Balaban J connectivity index is 1.84. The van der Waals surface area contributed by atoms with Crippen LogP contribution in [-0.2, 0) is 0 Å². The largest absolute Gasteiger partial charge is 0.324 e. The summed E-state index contributed by atoms with van der Waals surface area (Å²) in [7, 11) is 0. The minimum atomic E-state index is -0.266. The molecule has 1 N–H and O–H groups in total.